The summed E-state index contributed by atoms with van der Waals surface area (Å²) in [6, 6.07) is 4.86. The smallest absolute Gasteiger partial charge is 0.190 e. The largest absolute Gasteiger partial charge is 0.493 e. The Balaban J connectivity index is 2.50. The molecule has 1 aromatic carbocycles. The molecule has 0 N–H and O–H groups in total. The van der Waals surface area contributed by atoms with E-state index in [1.165, 1.54) is 0 Å². The molecule has 0 bridgehead atoms. The summed E-state index contributed by atoms with van der Waals surface area (Å²) in [6.07, 6.45) is 0. The zero-order valence-electron chi connectivity index (χ0n) is 7.16. The molecule has 0 aromatic heterocycles. The number of rotatable bonds is 0. The van der Waals surface area contributed by atoms with E-state index in [9.17, 15) is 4.79 Å². The summed E-state index contributed by atoms with van der Waals surface area (Å²) < 4.78 is 5.34. The average Bonchev–Trinajstić information content (AvgIpc) is 2.23. The minimum absolute atomic E-state index is 0.0165. The molecule has 0 radical (unpaired) electrons. The zero-order chi connectivity index (χ0) is 10.1. The van der Waals surface area contributed by atoms with Crippen LogP contribution in [0.25, 0.3) is 4.85 Å². The van der Waals surface area contributed by atoms with E-state index in [2.05, 4.69) is 20.8 Å². The van der Waals surface area contributed by atoms with Gasteiger partial charge in [-0.15, -0.1) is 0 Å². The van der Waals surface area contributed by atoms with Gasteiger partial charge in [0.25, 0.3) is 0 Å². The zero-order valence-corrected chi connectivity index (χ0v) is 8.74. The van der Waals surface area contributed by atoms with Gasteiger partial charge < -0.3 is 4.74 Å². The van der Waals surface area contributed by atoms with E-state index in [-0.39, 0.29) is 10.6 Å². The second kappa shape index (κ2) is 3.43. The lowest BCUT2D eigenvalue weighted by Gasteiger charge is -2.20. The van der Waals surface area contributed by atoms with Crippen molar-refractivity contribution in [3.8, 4) is 5.75 Å². The third kappa shape index (κ3) is 1.40. The number of alkyl halides is 1. The minimum atomic E-state index is -0.270. The Bertz CT molecular complexity index is 436. The lowest BCUT2D eigenvalue weighted by atomic mass is 10.0. The Morgan fingerprint density at radius 2 is 2.36 bits per heavy atom. The molecule has 1 heterocycles. The molecule has 0 amide bonds. The van der Waals surface area contributed by atoms with Crippen molar-refractivity contribution in [2.45, 2.75) is 4.83 Å². The molecular formula is C10H6BrNO2. The molecule has 2 rings (SSSR count). The molecule has 1 atom stereocenters. The van der Waals surface area contributed by atoms with Crippen LogP contribution < -0.4 is 4.74 Å². The van der Waals surface area contributed by atoms with Gasteiger partial charge in [0, 0.05) is 0 Å². The van der Waals surface area contributed by atoms with Crippen LogP contribution in [0.5, 0.6) is 5.75 Å². The number of halogens is 1. The van der Waals surface area contributed by atoms with Crippen molar-refractivity contribution in [2.75, 3.05) is 6.61 Å². The van der Waals surface area contributed by atoms with Crippen molar-refractivity contribution in [1.29, 1.82) is 0 Å². The SMILES string of the molecule is [C-]#[N+]c1ccc2c(c1)OCC(Br)C2=O. The van der Waals surface area contributed by atoms with Gasteiger partial charge in [0.1, 0.15) is 17.2 Å². The van der Waals surface area contributed by atoms with Crippen LogP contribution in [0.15, 0.2) is 18.2 Å². The van der Waals surface area contributed by atoms with Crippen molar-refractivity contribution < 1.29 is 9.53 Å². The van der Waals surface area contributed by atoms with E-state index < -0.39 is 0 Å². The van der Waals surface area contributed by atoms with Crippen molar-refractivity contribution >= 4 is 27.4 Å². The molecular weight excluding hydrogens is 246 g/mol. The standard InChI is InChI=1S/C10H6BrNO2/c1-12-6-2-3-7-9(4-6)14-5-8(11)10(7)13/h2-4,8H,5H2. The van der Waals surface area contributed by atoms with Crippen molar-refractivity contribution in [1.82, 2.24) is 0 Å². The topological polar surface area (TPSA) is 30.7 Å². The van der Waals surface area contributed by atoms with Gasteiger partial charge in [-0.25, -0.2) is 4.85 Å². The molecule has 0 spiro atoms. The fourth-order valence-electron chi connectivity index (χ4n) is 1.31. The Morgan fingerprint density at radius 1 is 1.57 bits per heavy atom. The van der Waals surface area contributed by atoms with Gasteiger partial charge in [0.15, 0.2) is 11.5 Å². The van der Waals surface area contributed by atoms with E-state index >= 15 is 0 Å². The highest BCUT2D eigenvalue weighted by molar-refractivity contribution is 9.10. The van der Waals surface area contributed by atoms with E-state index in [1.807, 2.05) is 0 Å². The van der Waals surface area contributed by atoms with Gasteiger partial charge in [0.2, 0.25) is 0 Å². The van der Waals surface area contributed by atoms with Gasteiger partial charge in [0.05, 0.1) is 12.1 Å². The maximum absolute atomic E-state index is 11.6. The van der Waals surface area contributed by atoms with Gasteiger partial charge in [-0.2, -0.15) is 0 Å². The summed E-state index contributed by atoms with van der Waals surface area (Å²) in [5, 5.41) is 0. The van der Waals surface area contributed by atoms with Crippen LogP contribution in [-0.4, -0.2) is 17.2 Å². The molecule has 0 fully saturated rings. The van der Waals surface area contributed by atoms with Crippen molar-refractivity contribution in [3.63, 3.8) is 0 Å². The lowest BCUT2D eigenvalue weighted by Crippen LogP contribution is -2.27. The fraction of sp³-hybridized carbons (Fsp3) is 0.200. The molecule has 4 heteroatoms. The highest BCUT2D eigenvalue weighted by Crippen LogP contribution is 2.31. The number of benzene rings is 1. The monoisotopic (exact) mass is 251 g/mol. The van der Waals surface area contributed by atoms with Crippen LogP contribution in [0.2, 0.25) is 0 Å². The lowest BCUT2D eigenvalue weighted by molar-refractivity contribution is 0.0946. The molecule has 0 aliphatic carbocycles. The molecule has 1 aliphatic heterocycles. The Labute approximate surface area is 89.6 Å². The predicted molar refractivity (Wildman–Crippen MR) is 55.2 cm³/mol. The van der Waals surface area contributed by atoms with E-state index in [0.29, 0.717) is 23.6 Å². The quantitative estimate of drug-likeness (QED) is 0.524. The summed E-state index contributed by atoms with van der Waals surface area (Å²) >= 11 is 3.22. The molecule has 14 heavy (non-hydrogen) atoms. The van der Waals surface area contributed by atoms with Crippen LogP contribution in [0.1, 0.15) is 10.4 Å². The maximum atomic E-state index is 11.6. The fourth-order valence-corrected chi connectivity index (χ4v) is 1.69. The molecule has 3 nitrogen and oxygen atoms in total. The molecule has 1 unspecified atom stereocenters. The summed E-state index contributed by atoms with van der Waals surface area (Å²) in [4.78, 5) is 14.6. The first-order valence-corrected chi connectivity index (χ1v) is 4.96. The van der Waals surface area contributed by atoms with E-state index in [4.69, 9.17) is 11.3 Å². The van der Waals surface area contributed by atoms with Crippen molar-refractivity contribution in [3.05, 3.63) is 35.2 Å². The van der Waals surface area contributed by atoms with E-state index in [1.54, 1.807) is 18.2 Å². The third-order valence-corrected chi connectivity index (χ3v) is 2.71. The van der Waals surface area contributed by atoms with Crippen LogP contribution in [0, 0.1) is 6.57 Å². The number of carbonyl (C=O) groups excluding carboxylic acids is 1. The van der Waals surface area contributed by atoms with Gasteiger partial charge in [-0.05, 0) is 6.07 Å². The summed E-state index contributed by atoms with van der Waals surface area (Å²) in [5.41, 5.74) is 1.04. The van der Waals surface area contributed by atoms with Crippen LogP contribution in [0.3, 0.4) is 0 Å². The molecule has 70 valence electrons. The van der Waals surface area contributed by atoms with Gasteiger partial charge in [-0.1, -0.05) is 28.1 Å². The van der Waals surface area contributed by atoms with Crippen LogP contribution in [0.4, 0.5) is 5.69 Å². The average molecular weight is 252 g/mol. The summed E-state index contributed by atoms with van der Waals surface area (Å²) in [5.74, 6) is 0.530. The normalized spacial score (nSPS) is 19.4. The maximum Gasteiger partial charge on any atom is 0.190 e. The number of hydrogen-bond acceptors (Lipinski definition) is 2. The molecule has 0 saturated carbocycles. The Kier molecular flexibility index (Phi) is 2.26. The highest BCUT2D eigenvalue weighted by atomic mass is 79.9. The first kappa shape index (κ1) is 9.22. The number of hydrogen-bond donors (Lipinski definition) is 0. The van der Waals surface area contributed by atoms with Crippen molar-refractivity contribution in [2.24, 2.45) is 0 Å². The second-order valence-corrected chi connectivity index (χ2v) is 4.04. The van der Waals surface area contributed by atoms with Crippen LogP contribution in [-0.2, 0) is 0 Å². The molecule has 0 saturated heterocycles. The van der Waals surface area contributed by atoms with Crippen LogP contribution >= 0.6 is 15.9 Å². The number of ketones is 1. The minimum Gasteiger partial charge on any atom is -0.493 e. The Morgan fingerprint density at radius 3 is 3.07 bits per heavy atom. The van der Waals surface area contributed by atoms with Gasteiger partial charge >= 0.3 is 0 Å². The first-order valence-electron chi connectivity index (χ1n) is 4.05. The summed E-state index contributed by atoms with van der Waals surface area (Å²) in [6.45, 7) is 7.15. The predicted octanol–water partition coefficient (Wildman–Crippen LogP) is 2.58. The third-order valence-electron chi connectivity index (χ3n) is 2.03. The highest BCUT2D eigenvalue weighted by Gasteiger charge is 2.26. The molecule has 1 aromatic rings. The number of carbonyl (C=O) groups is 1. The second-order valence-electron chi connectivity index (χ2n) is 2.94. The van der Waals surface area contributed by atoms with Gasteiger partial charge in [-0.3, -0.25) is 4.79 Å². The number of fused-ring (bicyclic) bond motifs is 1. The summed E-state index contributed by atoms with van der Waals surface area (Å²) in [7, 11) is 0. The number of ether oxygens (including phenoxy) is 1. The Hall–Kier alpha value is -1.34. The van der Waals surface area contributed by atoms with E-state index in [0.717, 1.165) is 0 Å². The number of Topliss-reactive ketones (excluding diaryl/α,β-unsaturated/α-hetero) is 1. The first-order chi connectivity index (χ1) is 6.72. The number of nitrogens with zero attached hydrogens (tertiary/aromatic N) is 1. The molecule has 1 aliphatic rings.